The van der Waals surface area contributed by atoms with Gasteiger partial charge in [0.05, 0.1) is 0 Å². The highest BCUT2D eigenvalue weighted by atomic mass is 14.3. The van der Waals surface area contributed by atoms with Gasteiger partial charge in [-0.2, -0.15) is 0 Å². The van der Waals surface area contributed by atoms with Gasteiger partial charge in [-0.15, -0.1) is 0 Å². The summed E-state index contributed by atoms with van der Waals surface area (Å²) in [6, 6.07) is 8.62. The van der Waals surface area contributed by atoms with E-state index in [1.54, 1.807) is 5.57 Å². The average Bonchev–Trinajstić information content (AvgIpc) is 2.24. The standard InChI is InChI=1S/C17H22/c1-13-9-10-16(17(3,4)12-13)11-15-8-6-5-7-14(15)2/h5-9,11H,10,12H2,1-4H3/b16-11+. The van der Waals surface area contributed by atoms with Gasteiger partial charge in [-0.25, -0.2) is 0 Å². The van der Waals surface area contributed by atoms with Gasteiger partial charge < -0.3 is 0 Å². The van der Waals surface area contributed by atoms with Crippen LogP contribution in [-0.2, 0) is 0 Å². The van der Waals surface area contributed by atoms with Crippen LogP contribution < -0.4 is 0 Å². The first kappa shape index (κ1) is 12.2. The minimum atomic E-state index is 0.307. The van der Waals surface area contributed by atoms with Crippen LogP contribution in [0.2, 0.25) is 0 Å². The Balaban J connectivity index is 2.38. The summed E-state index contributed by atoms with van der Waals surface area (Å²) in [5, 5.41) is 0. The number of rotatable bonds is 1. The second-order valence-corrected chi connectivity index (χ2v) is 5.84. The van der Waals surface area contributed by atoms with Crippen molar-refractivity contribution in [1.82, 2.24) is 0 Å². The highest BCUT2D eigenvalue weighted by Gasteiger charge is 2.26. The van der Waals surface area contributed by atoms with Gasteiger partial charge in [-0.1, -0.05) is 61.4 Å². The summed E-state index contributed by atoms with van der Waals surface area (Å²) in [5.41, 5.74) is 6.11. The molecule has 1 aromatic carbocycles. The molecule has 0 atom stereocenters. The highest BCUT2D eigenvalue weighted by Crippen LogP contribution is 2.40. The SMILES string of the molecule is CC1=CC/C(=C\c2ccccc2C)C(C)(C)C1. The maximum Gasteiger partial charge on any atom is -0.0101 e. The average molecular weight is 226 g/mol. The predicted molar refractivity (Wildman–Crippen MR) is 75.9 cm³/mol. The number of benzene rings is 1. The van der Waals surface area contributed by atoms with Crippen LogP contribution >= 0.6 is 0 Å². The van der Waals surface area contributed by atoms with E-state index in [0.29, 0.717) is 5.41 Å². The first-order valence-electron chi connectivity index (χ1n) is 6.41. The van der Waals surface area contributed by atoms with Crippen molar-refractivity contribution in [2.45, 2.75) is 40.5 Å². The summed E-state index contributed by atoms with van der Waals surface area (Å²) >= 11 is 0. The molecule has 0 amide bonds. The van der Waals surface area contributed by atoms with Gasteiger partial charge in [0, 0.05) is 0 Å². The van der Waals surface area contributed by atoms with E-state index in [9.17, 15) is 0 Å². The lowest BCUT2D eigenvalue weighted by Gasteiger charge is -2.32. The van der Waals surface area contributed by atoms with Crippen molar-refractivity contribution in [3.63, 3.8) is 0 Å². The molecule has 0 saturated carbocycles. The molecule has 0 spiro atoms. The van der Waals surface area contributed by atoms with E-state index in [-0.39, 0.29) is 0 Å². The highest BCUT2D eigenvalue weighted by molar-refractivity contribution is 5.58. The first-order valence-corrected chi connectivity index (χ1v) is 6.41. The Bertz CT molecular complexity index is 473. The maximum atomic E-state index is 2.39. The first-order chi connectivity index (χ1) is 7.99. The number of hydrogen-bond donors (Lipinski definition) is 0. The molecule has 0 bridgehead atoms. The maximum absolute atomic E-state index is 2.39. The Morgan fingerprint density at radius 2 is 1.82 bits per heavy atom. The number of hydrogen-bond acceptors (Lipinski definition) is 0. The van der Waals surface area contributed by atoms with Gasteiger partial charge in [0.15, 0.2) is 0 Å². The van der Waals surface area contributed by atoms with Crippen LogP contribution in [-0.4, -0.2) is 0 Å². The molecule has 0 saturated heterocycles. The third-order valence-electron chi connectivity index (χ3n) is 3.78. The fourth-order valence-electron chi connectivity index (χ4n) is 2.63. The van der Waals surface area contributed by atoms with Crippen molar-refractivity contribution in [1.29, 1.82) is 0 Å². The lowest BCUT2D eigenvalue weighted by molar-refractivity contribution is 0.424. The molecule has 17 heavy (non-hydrogen) atoms. The fraction of sp³-hybridized carbons (Fsp3) is 0.412. The lowest BCUT2D eigenvalue weighted by atomic mass is 9.73. The second-order valence-electron chi connectivity index (χ2n) is 5.84. The summed E-state index contributed by atoms with van der Waals surface area (Å²) in [7, 11) is 0. The van der Waals surface area contributed by atoms with Crippen molar-refractivity contribution in [2.24, 2.45) is 5.41 Å². The number of allylic oxidation sites excluding steroid dienone is 3. The van der Waals surface area contributed by atoms with Gasteiger partial charge in [-0.3, -0.25) is 0 Å². The monoisotopic (exact) mass is 226 g/mol. The van der Waals surface area contributed by atoms with Gasteiger partial charge in [-0.05, 0) is 43.2 Å². The third-order valence-corrected chi connectivity index (χ3v) is 3.78. The minimum Gasteiger partial charge on any atom is -0.0815 e. The molecule has 0 nitrogen and oxygen atoms in total. The summed E-state index contributed by atoms with van der Waals surface area (Å²) < 4.78 is 0. The molecule has 0 fully saturated rings. The zero-order valence-electron chi connectivity index (χ0n) is 11.4. The van der Waals surface area contributed by atoms with Crippen LogP contribution in [0.4, 0.5) is 0 Å². The smallest absolute Gasteiger partial charge is 0.0101 e. The Labute approximate surface area is 105 Å². The molecule has 1 aliphatic rings. The Morgan fingerprint density at radius 3 is 2.47 bits per heavy atom. The molecule has 1 aliphatic carbocycles. The largest absolute Gasteiger partial charge is 0.0815 e. The van der Waals surface area contributed by atoms with E-state index >= 15 is 0 Å². The fourth-order valence-corrected chi connectivity index (χ4v) is 2.63. The molecule has 0 unspecified atom stereocenters. The van der Waals surface area contributed by atoms with E-state index in [4.69, 9.17) is 0 Å². The van der Waals surface area contributed by atoms with Crippen LogP contribution in [0.5, 0.6) is 0 Å². The quantitative estimate of drug-likeness (QED) is 0.581. The van der Waals surface area contributed by atoms with Gasteiger partial charge in [0.25, 0.3) is 0 Å². The van der Waals surface area contributed by atoms with E-state index < -0.39 is 0 Å². The van der Waals surface area contributed by atoms with Gasteiger partial charge in [0.1, 0.15) is 0 Å². The van der Waals surface area contributed by atoms with Crippen molar-refractivity contribution in [3.8, 4) is 0 Å². The second kappa shape index (κ2) is 4.52. The molecule has 2 rings (SSSR count). The van der Waals surface area contributed by atoms with E-state index in [2.05, 4.69) is 64.1 Å². The van der Waals surface area contributed by atoms with E-state index in [1.807, 2.05) is 0 Å². The molecular weight excluding hydrogens is 204 g/mol. The summed E-state index contributed by atoms with van der Waals surface area (Å²) in [4.78, 5) is 0. The van der Waals surface area contributed by atoms with Crippen molar-refractivity contribution < 1.29 is 0 Å². The van der Waals surface area contributed by atoms with Crippen molar-refractivity contribution >= 4 is 6.08 Å². The molecule has 0 radical (unpaired) electrons. The topological polar surface area (TPSA) is 0 Å². The lowest BCUT2D eigenvalue weighted by Crippen LogP contribution is -2.18. The van der Waals surface area contributed by atoms with Crippen LogP contribution in [0.25, 0.3) is 6.08 Å². The zero-order chi connectivity index (χ0) is 12.5. The summed E-state index contributed by atoms with van der Waals surface area (Å²) in [6.07, 6.45) is 7.05. The van der Waals surface area contributed by atoms with Crippen LogP contribution in [0.3, 0.4) is 0 Å². The third kappa shape index (κ3) is 2.69. The Morgan fingerprint density at radius 1 is 1.12 bits per heavy atom. The van der Waals surface area contributed by atoms with E-state index in [0.717, 1.165) is 6.42 Å². The van der Waals surface area contributed by atoms with E-state index in [1.165, 1.54) is 23.1 Å². The summed E-state index contributed by atoms with van der Waals surface area (Å²) in [6.45, 7) is 9.14. The minimum absolute atomic E-state index is 0.307. The molecular formula is C17H22. The van der Waals surface area contributed by atoms with Crippen LogP contribution in [0, 0.1) is 12.3 Å². The summed E-state index contributed by atoms with van der Waals surface area (Å²) in [5.74, 6) is 0. The van der Waals surface area contributed by atoms with Crippen LogP contribution in [0.15, 0.2) is 41.5 Å². The van der Waals surface area contributed by atoms with Gasteiger partial charge >= 0.3 is 0 Å². The molecule has 90 valence electrons. The predicted octanol–water partition coefficient (Wildman–Crippen LogP) is 5.14. The molecule has 0 aliphatic heterocycles. The number of aryl methyl sites for hydroxylation is 1. The van der Waals surface area contributed by atoms with Gasteiger partial charge in [0.2, 0.25) is 0 Å². The zero-order valence-corrected chi connectivity index (χ0v) is 11.4. The molecule has 1 aromatic rings. The normalized spacial score (nSPS) is 21.4. The van der Waals surface area contributed by atoms with Crippen molar-refractivity contribution in [3.05, 3.63) is 52.6 Å². The Hall–Kier alpha value is -1.30. The molecule has 0 heterocycles. The molecule has 0 N–H and O–H groups in total. The van der Waals surface area contributed by atoms with Crippen LogP contribution in [0.1, 0.15) is 44.7 Å². The molecule has 0 heteroatoms. The Kier molecular flexibility index (Phi) is 3.24. The van der Waals surface area contributed by atoms with Crippen molar-refractivity contribution in [2.75, 3.05) is 0 Å². The molecule has 0 aromatic heterocycles.